The number of hydrogen-bond acceptors (Lipinski definition) is 5. The number of aromatic nitrogens is 1. The van der Waals surface area contributed by atoms with Gasteiger partial charge in [0.05, 0.1) is 18.3 Å². The summed E-state index contributed by atoms with van der Waals surface area (Å²) in [5, 5.41) is 12.1. The van der Waals surface area contributed by atoms with Crippen LogP contribution in [0, 0.1) is 0 Å². The highest BCUT2D eigenvalue weighted by atomic mass is 16.5. The van der Waals surface area contributed by atoms with Gasteiger partial charge in [0.25, 0.3) is 5.91 Å². The van der Waals surface area contributed by atoms with Crippen LogP contribution < -0.4 is 15.8 Å². The van der Waals surface area contributed by atoms with Gasteiger partial charge in [-0.2, -0.15) is 0 Å². The van der Waals surface area contributed by atoms with Gasteiger partial charge in [-0.05, 0) is 30.3 Å². The van der Waals surface area contributed by atoms with Gasteiger partial charge >= 0.3 is 0 Å². The number of amides is 1. The van der Waals surface area contributed by atoms with E-state index in [1.807, 2.05) is 0 Å². The summed E-state index contributed by atoms with van der Waals surface area (Å²) in [7, 11) is 0. The molecular weight excluding hydrogens is 258 g/mol. The van der Waals surface area contributed by atoms with Crippen molar-refractivity contribution >= 4 is 11.6 Å². The van der Waals surface area contributed by atoms with Gasteiger partial charge in [-0.15, -0.1) is 0 Å². The highest BCUT2D eigenvalue weighted by Crippen LogP contribution is 2.14. The molecule has 1 aromatic heterocycles. The number of nitrogen functional groups attached to an aromatic ring is 1. The lowest BCUT2D eigenvalue weighted by Gasteiger charge is -2.08. The molecule has 0 saturated carbocycles. The molecule has 0 atom stereocenters. The van der Waals surface area contributed by atoms with E-state index >= 15 is 0 Å². The van der Waals surface area contributed by atoms with Crippen molar-refractivity contribution in [3.8, 4) is 11.5 Å². The molecule has 6 nitrogen and oxygen atoms in total. The van der Waals surface area contributed by atoms with Crippen molar-refractivity contribution < 1.29 is 14.6 Å². The number of benzene rings is 1. The summed E-state index contributed by atoms with van der Waals surface area (Å²) in [6, 6.07) is 8.44. The molecule has 0 fully saturated rings. The molecule has 1 amide bonds. The lowest BCUT2D eigenvalue weighted by atomic mass is 10.2. The van der Waals surface area contributed by atoms with Crippen LogP contribution in [0.25, 0.3) is 0 Å². The zero-order chi connectivity index (χ0) is 14.4. The van der Waals surface area contributed by atoms with Crippen molar-refractivity contribution in [3.05, 3.63) is 48.3 Å². The van der Waals surface area contributed by atoms with Gasteiger partial charge in [0.1, 0.15) is 18.1 Å². The number of ether oxygens (including phenoxy) is 1. The number of anilines is 1. The Labute approximate surface area is 116 Å². The standard InChI is InChI=1S/C14H15N3O3/c15-10-1-3-11(4-2-10)20-8-7-17-14(19)12-5-6-16-9-13(12)18/h1-6,9,18H,7-8,15H2,(H,17,19). The predicted molar refractivity (Wildman–Crippen MR) is 74.6 cm³/mol. The number of nitrogens with two attached hydrogens (primary N) is 1. The Hall–Kier alpha value is -2.76. The predicted octanol–water partition coefficient (Wildman–Crippen LogP) is 1.18. The number of hydrogen-bond donors (Lipinski definition) is 3. The Morgan fingerprint density at radius 1 is 1.30 bits per heavy atom. The molecule has 0 aliphatic heterocycles. The maximum absolute atomic E-state index is 11.8. The van der Waals surface area contributed by atoms with Crippen LogP contribution in [0.2, 0.25) is 0 Å². The number of pyridine rings is 1. The minimum atomic E-state index is -0.370. The van der Waals surface area contributed by atoms with Crippen molar-refractivity contribution in [2.75, 3.05) is 18.9 Å². The third-order valence-corrected chi connectivity index (χ3v) is 2.58. The maximum Gasteiger partial charge on any atom is 0.255 e. The van der Waals surface area contributed by atoms with Gasteiger partial charge in [0, 0.05) is 11.9 Å². The second-order valence-electron chi connectivity index (χ2n) is 4.07. The zero-order valence-corrected chi connectivity index (χ0v) is 10.7. The first-order valence-electron chi connectivity index (χ1n) is 6.06. The topological polar surface area (TPSA) is 97.5 Å². The van der Waals surface area contributed by atoms with Crippen LogP contribution in [0.15, 0.2) is 42.7 Å². The van der Waals surface area contributed by atoms with Crippen LogP contribution in [0.3, 0.4) is 0 Å². The number of carbonyl (C=O) groups excluding carboxylic acids is 1. The Balaban J connectivity index is 1.77. The normalized spacial score (nSPS) is 10.0. The summed E-state index contributed by atoms with van der Waals surface area (Å²) < 4.78 is 5.43. The molecule has 20 heavy (non-hydrogen) atoms. The van der Waals surface area contributed by atoms with E-state index in [1.165, 1.54) is 18.5 Å². The highest BCUT2D eigenvalue weighted by Gasteiger charge is 2.09. The molecule has 1 aromatic carbocycles. The maximum atomic E-state index is 11.8. The zero-order valence-electron chi connectivity index (χ0n) is 10.7. The van der Waals surface area contributed by atoms with Gasteiger partial charge in [0.2, 0.25) is 0 Å². The Bertz CT molecular complexity index is 584. The van der Waals surface area contributed by atoms with Crippen LogP contribution in [-0.4, -0.2) is 29.1 Å². The molecule has 0 unspecified atom stereocenters. The number of nitrogens with zero attached hydrogens (tertiary/aromatic N) is 1. The van der Waals surface area contributed by atoms with Crippen LogP contribution >= 0.6 is 0 Å². The molecule has 0 radical (unpaired) electrons. The average molecular weight is 273 g/mol. The average Bonchev–Trinajstić information content (AvgIpc) is 2.46. The molecule has 104 valence electrons. The van der Waals surface area contributed by atoms with E-state index in [0.717, 1.165) is 0 Å². The Kier molecular flexibility index (Phi) is 4.39. The summed E-state index contributed by atoms with van der Waals surface area (Å²) in [4.78, 5) is 15.5. The van der Waals surface area contributed by atoms with Gasteiger partial charge in [-0.25, -0.2) is 0 Å². The van der Waals surface area contributed by atoms with Crippen molar-refractivity contribution in [3.63, 3.8) is 0 Å². The molecule has 1 heterocycles. The molecule has 0 aliphatic rings. The number of nitrogens with one attached hydrogen (secondary N) is 1. The monoisotopic (exact) mass is 273 g/mol. The van der Waals surface area contributed by atoms with E-state index in [9.17, 15) is 9.90 Å². The lowest BCUT2D eigenvalue weighted by molar-refractivity contribution is 0.0944. The van der Waals surface area contributed by atoms with Crippen molar-refractivity contribution in [2.45, 2.75) is 0 Å². The summed E-state index contributed by atoms with van der Waals surface area (Å²) in [6.07, 6.45) is 2.67. The highest BCUT2D eigenvalue weighted by molar-refractivity contribution is 5.96. The Morgan fingerprint density at radius 2 is 2.05 bits per heavy atom. The van der Waals surface area contributed by atoms with E-state index in [-0.39, 0.29) is 17.2 Å². The fraction of sp³-hybridized carbons (Fsp3) is 0.143. The Morgan fingerprint density at radius 3 is 2.75 bits per heavy atom. The fourth-order valence-corrected chi connectivity index (χ4v) is 1.57. The van der Waals surface area contributed by atoms with Gasteiger partial charge in [0.15, 0.2) is 0 Å². The summed E-state index contributed by atoms with van der Waals surface area (Å²) in [5.41, 5.74) is 6.41. The summed E-state index contributed by atoms with van der Waals surface area (Å²) in [6.45, 7) is 0.645. The van der Waals surface area contributed by atoms with Crippen molar-refractivity contribution in [1.82, 2.24) is 10.3 Å². The number of aromatic hydroxyl groups is 1. The van der Waals surface area contributed by atoms with Crippen LogP contribution in [-0.2, 0) is 0 Å². The molecule has 0 spiro atoms. The lowest BCUT2D eigenvalue weighted by Crippen LogP contribution is -2.28. The van der Waals surface area contributed by atoms with Crippen molar-refractivity contribution in [2.24, 2.45) is 0 Å². The molecule has 2 aromatic rings. The minimum absolute atomic E-state index is 0.149. The number of carbonyl (C=O) groups is 1. The van der Waals surface area contributed by atoms with Crippen LogP contribution in [0.4, 0.5) is 5.69 Å². The van der Waals surface area contributed by atoms with Crippen LogP contribution in [0.5, 0.6) is 11.5 Å². The first-order chi connectivity index (χ1) is 9.66. The van der Waals surface area contributed by atoms with E-state index < -0.39 is 0 Å². The smallest absolute Gasteiger partial charge is 0.255 e. The molecule has 0 saturated heterocycles. The van der Waals surface area contributed by atoms with Gasteiger partial charge in [-0.1, -0.05) is 0 Å². The molecular formula is C14H15N3O3. The van der Waals surface area contributed by atoms with Crippen LogP contribution in [0.1, 0.15) is 10.4 Å². The fourth-order valence-electron chi connectivity index (χ4n) is 1.57. The number of rotatable bonds is 5. The van der Waals surface area contributed by atoms with E-state index in [1.54, 1.807) is 24.3 Å². The SMILES string of the molecule is Nc1ccc(OCCNC(=O)c2ccncc2O)cc1. The second kappa shape index (κ2) is 6.42. The molecule has 0 aliphatic carbocycles. The van der Waals surface area contributed by atoms with E-state index in [0.29, 0.717) is 24.6 Å². The third-order valence-electron chi connectivity index (χ3n) is 2.58. The second-order valence-corrected chi connectivity index (χ2v) is 4.07. The summed E-state index contributed by atoms with van der Waals surface area (Å²) >= 11 is 0. The van der Waals surface area contributed by atoms with E-state index in [4.69, 9.17) is 10.5 Å². The minimum Gasteiger partial charge on any atom is -0.505 e. The van der Waals surface area contributed by atoms with Gasteiger partial charge < -0.3 is 20.9 Å². The largest absolute Gasteiger partial charge is 0.505 e. The summed E-state index contributed by atoms with van der Waals surface area (Å²) in [5.74, 6) is 0.162. The quantitative estimate of drug-likeness (QED) is 0.561. The van der Waals surface area contributed by atoms with Gasteiger partial charge in [-0.3, -0.25) is 9.78 Å². The van der Waals surface area contributed by atoms with Crippen molar-refractivity contribution in [1.29, 1.82) is 0 Å². The van der Waals surface area contributed by atoms with E-state index in [2.05, 4.69) is 10.3 Å². The first-order valence-corrected chi connectivity index (χ1v) is 6.06. The molecule has 0 bridgehead atoms. The molecule has 4 N–H and O–H groups in total. The molecule has 2 rings (SSSR count). The molecule has 6 heteroatoms. The third kappa shape index (κ3) is 3.61. The first kappa shape index (κ1) is 13.7.